The normalized spacial score (nSPS) is 10.5. The third kappa shape index (κ3) is 3.36. The van der Waals surface area contributed by atoms with Crippen molar-refractivity contribution in [2.24, 2.45) is 0 Å². The Labute approximate surface area is 146 Å². The van der Waals surface area contributed by atoms with Crippen molar-refractivity contribution in [1.29, 1.82) is 0 Å². The van der Waals surface area contributed by atoms with Crippen LogP contribution in [0.1, 0.15) is 32.9 Å². The van der Waals surface area contributed by atoms with Crippen molar-refractivity contribution in [3.8, 4) is 0 Å². The lowest BCUT2D eigenvalue weighted by Gasteiger charge is -2.13. The number of anilines is 1. The predicted octanol–water partition coefficient (Wildman–Crippen LogP) is 4.22. The van der Waals surface area contributed by atoms with Gasteiger partial charge in [0.05, 0.1) is 16.7 Å². The van der Waals surface area contributed by atoms with Gasteiger partial charge in [-0.05, 0) is 49.6 Å². The van der Waals surface area contributed by atoms with Crippen LogP contribution in [-0.4, -0.2) is 21.0 Å². The molecule has 3 rings (SSSR count). The second-order valence-corrected chi connectivity index (χ2v) is 5.80. The summed E-state index contributed by atoms with van der Waals surface area (Å²) >= 11 is 0. The molecular formula is C18H20ClN3O2. The van der Waals surface area contributed by atoms with Crippen LogP contribution in [0.2, 0.25) is 0 Å². The quantitative estimate of drug-likeness (QED) is 0.661. The number of aromatic carboxylic acids is 1. The van der Waals surface area contributed by atoms with Crippen molar-refractivity contribution in [2.75, 3.05) is 5.32 Å². The highest BCUT2D eigenvalue weighted by atomic mass is 35.5. The summed E-state index contributed by atoms with van der Waals surface area (Å²) in [5.74, 6) is -1.03. The number of halogens is 1. The molecule has 0 aliphatic rings. The number of nitrogens with zero attached hydrogens (tertiary/aromatic N) is 1. The van der Waals surface area contributed by atoms with Gasteiger partial charge in [0.15, 0.2) is 5.69 Å². The number of carbonyl (C=O) groups is 1. The Morgan fingerprint density at radius 1 is 1.21 bits per heavy atom. The summed E-state index contributed by atoms with van der Waals surface area (Å²) in [5, 5.41) is 12.6. The topological polar surface area (TPSA) is 78.0 Å². The molecule has 6 heteroatoms. The maximum Gasteiger partial charge on any atom is 0.354 e. The maximum atomic E-state index is 11.3. The summed E-state index contributed by atoms with van der Waals surface area (Å²) in [4.78, 5) is 18.7. The molecule has 0 fully saturated rings. The number of benzene rings is 1. The maximum absolute atomic E-state index is 11.3. The molecular weight excluding hydrogens is 326 g/mol. The Morgan fingerprint density at radius 2 is 1.88 bits per heavy atom. The highest BCUT2D eigenvalue weighted by Gasteiger charge is 2.13. The van der Waals surface area contributed by atoms with Crippen LogP contribution < -0.4 is 5.32 Å². The number of fused-ring (bicyclic) bond motifs is 1. The smallest absolute Gasteiger partial charge is 0.354 e. The van der Waals surface area contributed by atoms with E-state index in [9.17, 15) is 9.90 Å². The molecule has 5 nitrogen and oxygen atoms in total. The van der Waals surface area contributed by atoms with Gasteiger partial charge in [-0.3, -0.25) is 0 Å². The van der Waals surface area contributed by atoms with Crippen molar-refractivity contribution < 1.29 is 9.90 Å². The largest absolute Gasteiger partial charge is 0.477 e. The van der Waals surface area contributed by atoms with Gasteiger partial charge in [-0.15, -0.1) is 12.4 Å². The molecule has 3 N–H and O–H groups in total. The Bertz CT molecular complexity index is 882. The Hall–Kier alpha value is -2.53. The fourth-order valence-corrected chi connectivity index (χ4v) is 2.80. The van der Waals surface area contributed by atoms with Crippen LogP contribution in [0.5, 0.6) is 0 Å². The Balaban J connectivity index is 0.00000208. The minimum atomic E-state index is -1.03. The third-order valence-corrected chi connectivity index (χ3v) is 4.04. The highest BCUT2D eigenvalue weighted by Crippen LogP contribution is 2.25. The summed E-state index contributed by atoms with van der Waals surface area (Å²) in [7, 11) is 0. The number of rotatable bonds is 4. The van der Waals surface area contributed by atoms with Gasteiger partial charge >= 0.3 is 5.97 Å². The Morgan fingerprint density at radius 3 is 2.50 bits per heavy atom. The molecule has 0 bridgehead atoms. The van der Waals surface area contributed by atoms with Gasteiger partial charge in [-0.2, -0.15) is 0 Å². The average molecular weight is 346 g/mol. The van der Waals surface area contributed by atoms with E-state index in [0.717, 1.165) is 16.9 Å². The minimum absolute atomic E-state index is 0. The van der Waals surface area contributed by atoms with E-state index in [0.29, 0.717) is 12.1 Å². The summed E-state index contributed by atoms with van der Waals surface area (Å²) < 4.78 is 0. The molecule has 0 saturated heterocycles. The molecule has 0 aliphatic carbocycles. The molecule has 1 aromatic carbocycles. The van der Waals surface area contributed by atoms with Crippen LogP contribution in [0.3, 0.4) is 0 Å². The second-order valence-electron chi connectivity index (χ2n) is 5.80. The average Bonchev–Trinajstić information content (AvgIpc) is 2.86. The van der Waals surface area contributed by atoms with E-state index in [1.165, 1.54) is 16.7 Å². The van der Waals surface area contributed by atoms with Gasteiger partial charge in [-0.1, -0.05) is 18.2 Å². The number of hydrogen-bond acceptors (Lipinski definition) is 3. The fourth-order valence-electron chi connectivity index (χ4n) is 2.80. The standard InChI is InChI=1S/C18H19N3O2.ClH/c1-10-5-4-6-11(2)13(10)9-19-14-8-16(18(22)23)21-15-7-12(3)20-17(14)15;/h4-8,20H,9H2,1-3H3,(H,19,21)(H,22,23);1H. The molecule has 126 valence electrons. The van der Waals surface area contributed by atoms with E-state index in [2.05, 4.69) is 41.3 Å². The van der Waals surface area contributed by atoms with Crippen molar-refractivity contribution in [3.63, 3.8) is 0 Å². The number of pyridine rings is 1. The van der Waals surface area contributed by atoms with Crippen molar-refractivity contribution in [3.05, 3.63) is 58.4 Å². The monoisotopic (exact) mass is 345 g/mol. The first-order valence-electron chi connectivity index (χ1n) is 7.48. The van der Waals surface area contributed by atoms with Gasteiger partial charge in [0.2, 0.25) is 0 Å². The van der Waals surface area contributed by atoms with Gasteiger partial charge in [0, 0.05) is 12.2 Å². The van der Waals surface area contributed by atoms with E-state index in [4.69, 9.17) is 0 Å². The Kier molecular flexibility index (Phi) is 5.14. The summed E-state index contributed by atoms with van der Waals surface area (Å²) in [5.41, 5.74) is 6.88. The number of aromatic amines is 1. The van der Waals surface area contributed by atoms with Gasteiger partial charge < -0.3 is 15.4 Å². The van der Waals surface area contributed by atoms with Crippen molar-refractivity contribution >= 4 is 35.1 Å². The zero-order chi connectivity index (χ0) is 16.6. The summed E-state index contributed by atoms with van der Waals surface area (Å²) in [6.07, 6.45) is 0. The van der Waals surface area contributed by atoms with Crippen LogP contribution in [0.15, 0.2) is 30.3 Å². The zero-order valence-electron chi connectivity index (χ0n) is 13.8. The van der Waals surface area contributed by atoms with Gasteiger partial charge in [0.1, 0.15) is 0 Å². The molecule has 2 aromatic heterocycles. The van der Waals surface area contributed by atoms with E-state index < -0.39 is 5.97 Å². The first kappa shape index (κ1) is 17.8. The number of carboxylic acid groups (broad SMARTS) is 1. The lowest BCUT2D eigenvalue weighted by Crippen LogP contribution is -2.07. The van der Waals surface area contributed by atoms with Crippen LogP contribution in [0, 0.1) is 20.8 Å². The number of nitrogens with one attached hydrogen (secondary N) is 2. The van der Waals surface area contributed by atoms with Crippen LogP contribution in [0.4, 0.5) is 5.69 Å². The van der Waals surface area contributed by atoms with Crippen LogP contribution in [0.25, 0.3) is 11.0 Å². The molecule has 2 heterocycles. The number of carboxylic acids is 1. The predicted molar refractivity (Wildman–Crippen MR) is 98.3 cm³/mol. The number of H-pyrrole nitrogens is 1. The van der Waals surface area contributed by atoms with Crippen molar-refractivity contribution in [1.82, 2.24) is 9.97 Å². The number of aryl methyl sites for hydroxylation is 3. The van der Waals surface area contributed by atoms with E-state index in [1.807, 2.05) is 19.1 Å². The van der Waals surface area contributed by atoms with E-state index in [1.54, 1.807) is 6.07 Å². The van der Waals surface area contributed by atoms with Crippen LogP contribution >= 0.6 is 12.4 Å². The lowest BCUT2D eigenvalue weighted by molar-refractivity contribution is 0.0691. The number of aromatic nitrogens is 2. The summed E-state index contributed by atoms with van der Waals surface area (Å²) in [6.45, 7) is 6.72. The van der Waals surface area contributed by atoms with Crippen LogP contribution in [-0.2, 0) is 6.54 Å². The van der Waals surface area contributed by atoms with Crippen molar-refractivity contribution in [2.45, 2.75) is 27.3 Å². The summed E-state index contributed by atoms with van der Waals surface area (Å²) in [6, 6.07) is 9.62. The lowest BCUT2D eigenvalue weighted by atomic mass is 10.0. The minimum Gasteiger partial charge on any atom is -0.477 e. The second kappa shape index (κ2) is 6.93. The SMILES string of the molecule is Cc1cc2nc(C(=O)O)cc(NCc3c(C)cccc3C)c2[nH]1.Cl. The highest BCUT2D eigenvalue weighted by molar-refractivity contribution is 5.95. The molecule has 0 saturated carbocycles. The zero-order valence-corrected chi connectivity index (χ0v) is 14.6. The molecule has 24 heavy (non-hydrogen) atoms. The van der Waals surface area contributed by atoms with Gasteiger partial charge in [-0.25, -0.2) is 9.78 Å². The number of hydrogen-bond donors (Lipinski definition) is 3. The third-order valence-electron chi connectivity index (χ3n) is 4.04. The first-order chi connectivity index (χ1) is 11.0. The molecule has 0 amide bonds. The van der Waals surface area contributed by atoms with E-state index >= 15 is 0 Å². The fraction of sp³-hybridized carbons (Fsp3) is 0.222. The molecule has 0 atom stereocenters. The van der Waals surface area contributed by atoms with E-state index in [-0.39, 0.29) is 18.1 Å². The molecule has 0 radical (unpaired) electrons. The molecule has 0 unspecified atom stereocenters. The molecule has 3 aromatic rings. The molecule has 0 spiro atoms. The molecule has 0 aliphatic heterocycles. The first-order valence-corrected chi connectivity index (χ1v) is 7.48. The van der Waals surface area contributed by atoms with Gasteiger partial charge in [0.25, 0.3) is 0 Å².